The number of nitrogens with zero attached hydrogens (tertiary/aromatic N) is 2. The van der Waals surface area contributed by atoms with Gasteiger partial charge in [-0.1, -0.05) is 36.4 Å². The van der Waals surface area contributed by atoms with E-state index in [1.807, 2.05) is 49.4 Å². The molecule has 32 heavy (non-hydrogen) atoms. The predicted octanol–water partition coefficient (Wildman–Crippen LogP) is 5.56. The van der Waals surface area contributed by atoms with E-state index < -0.39 is 5.97 Å². The topological polar surface area (TPSA) is 95.2 Å². The Hall–Kier alpha value is -4.37. The SMILES string of the molecule is C[C@H](Nc1nccc2cccc(OCc3cccc(C#N)c3)c12)c1ccc(C(=O)O)cc1. The Morgan fingerprint density at radius 2 is 1.91 bits per heavy atom. The van der Waals surface area contributed by atoms with Crippen LogP contribution in [0.15, 0.2) is 79.0 Å². The molecule has 1 atom stereocenters. The van der Waals surface area contributed by atoms with Gasteiger partial charge >= 0.3 is 5.97 Å². The van der Waals surface area contributed by atoms with E-state index >= 15 is 0 Å². The lowest BCUT2D eigenvalue weighted by atomic mass is 10.1. The van der Waals surface area contributed by atoms with Crippen molar-refractivity contribution in [1.82, 2.24) is 4.98 Å². The number of ether oxygens (including phenoxy) is 1. The molecule has 4 aromatic rings. The summed E-state index contributed by atoms with van der Waals surface area (Å²) in [6, 6.07) is 23.9. The van der Waals surface area contributed by atoms with E-state index in [1.54, 1.807) is 36.5 Å². The molecule has 0 amide bonds. The highest BCUT2D eigenvalue weighted by Crippen LogP contribution is 2.33. The second kappa shape index (κ2) is 9.19. The molecule has 6 heteroatoms. The standard InChI is InChI=1S/C26H21N3O3/c1-17(20-8-10-22(11-9-20)26(30)31)29-25-24-21(12-13-28-25)6-3-7-23(24)32-16-19-5-2-4-18(14-19)15-27/h2-14,17H,16H2,1H3,(H,28,29)(H,30,31)/t17-/m0/s1. The summed E-state index contributed by atoms with van der Waals surface area (Å²) >= 11 is 0. The van der Waals surface area contributed by atoms with Crippen molar-refractivity contribution in [3.05, 3.63) is 101 Å². The van der Waals surface area contributed by atoms with Gasteiger partial charge in [-0.05, 0) is 59.8 Å². The van der Waals surface area contributed by atoms with Crippen LogP contribution < -0.4 is 10.1 Å². The van der Waals surface area contributed by atoms with Crippen LogP contribution in [0.3, 0.4) is 0 Å². The number of carbonyl (C=O) groups is 1. The number of carboxylic acid groups (broad SMARTS) is 1. The number of nitriles is 1. The van der Waals surface area contributed by atoms with Crippen molar-refractivity contribution in [2.75, 3.05) is 5.32 Å². The van der Waals surface area contributed by atoms with Crippen LogP contribution >= 0.6 is 0 Å². The second-order valence-corrected chi connectivity index (χ2v) is 7.41. The molecule has 0 saturated heterocycles. The fourth-order valence-electron chi connectivity index (χ4n) is 3.52. The van der Waals surface area contributed by atoms with Crippen LogP contribution in [-0.4, -0.2) is 16.1 Å². The lowest BCUT2D eigenvalue weighted by Gasteiger charge is -2.18. The van der Waals surface area contributed by atoms with Crippen molar-refractivity contribution >= 4 is 22.6 Å². The molecule has 158 valence electrons. The minimum Gasteiger partial charge on any atom is -0.488 e. The van der Waals surface area contributed by atoms with E-state index in [1.165, 1.54) is 0 Å². The molecule has 0 aliphatic heterocycles. The van der Waals surface area contributed by atoms with E-state index in [0.717, 1.165) is 21.9 Å². The van der Waals surface area contributed by atoms with E-state index in [-0.39, 0.29) is 11.6 Å². The molecule has 6 nitrogen and oxygen atoms in total. The summed E-state index contributed by atoms with van der Waals surface area (Å²) in [5, 5.41) is 23.5. The molecule has 0 bridgehead atoms. The van der Waals surface area contributed by atoms with Gasteiger partial charge in [0.05, 0.1) is 22.6 Å². The van der Waals surface area contributed by atoms with Crippen LogP contribution in [-0.2, 0) is 6.61 Å². The normalized spacial score (nSPS) is 11.5. The highest BCUT2D eigenvalue weighted by atomic mass is 16.5. The van der Waals surface area contributed by atoms with Gasteiger partial charge in [0.1, 0.15) is 18.2 Å². The number of nitrogens with one attached hydrogen (secondary N) is 1. The summed E-state index contributed by atoms with van der Waals surface area (Å²) in [7, 11) is 0. The van der Waals surface area contributed by atoms with Crippen molar-refractivity contribution in [2.24, 2.45) is 0 Å². The third kappa shape index (κ3) is 4.52. The molecule has 0 fully saturated rings. The predicted molar refractivity (Wildman–Crippen MR) is 123 cm³/mol. The fourth-order valence-corrected chi connectivity index (χ4v) is 3.52. The van der Waals surface area contributed by atoms with Crippen LogP contribution in [0.1, 0.15) is 40.0 Å². The Labute approximate surface area is 185 Å². The molecule has 2 N–H and O–H groups in total. The molecule has 4 rings (SSSR count). The highest BCUT2D eigenvalue weighted by molar-refractivity contribution is 5.97. The number of benzene rings is 3. The molecular formula is C26H21N3O3. The molecule has 1 heterocycles. The molecule has 0 aliphatic carbocycles. The molecule has 0 saturated carbocycles. The molecule has 3 aromatic carbocycles. The molecular weight excluding hydrogens is 402 g/mol. The quantitative estimate of drug-likeness (QED) is 0.404. The Kier molecular flexibility index (Phi) is 6.00. The number of pyridine rings is 1. The minimum absolute atomic E-state index is 0.101. The second-order valence-electron chi connectivity index (χ2n) is 7.41. The first kappa shape index (κ1) is 20.9. The Balaban J connectivity index is 1.60. The molecule has 0 spiro atoms. The van der Waals surface area contributed by atoms with E-state index in [4.69, 9.17) is 15.1 Å². The molecule has 1 aromatic heterocycles. The Bertz CT molecular complexity index is 1300. The lowest BCUT2D eigenvalue weighted by Crippen LogP contribution is -2.09. The zero-order valence-electron chi connectivity index (χ0n) is 17.4. The fraction of sp³-hybridized carbons (Fsp3) is 0.115. The van der Waals surface area contributed by atoms with Gasteiger partial charge in [0.2, 0.25) is 0 Å². The van der Waals surface area contributed by atoms with E-state index in [0.29, 0.717) is 23.7 Å². The van der Waals surface area contributed by atoms with Gasteiger partial charge in [0.15, 0.2) is 0 Å². The maximum atomic E-state index is 11.1. The van der Waals surface area contributed by atoms with Gasteiger partial charge < -0.3 is 15.2 Å². The number of hydrogen-bond acceptors (Lipinski definition) is 5. The number of hydrogen-bond donors (Lipinski definition) is 2. The Morgan fingerprint density at radius 3 is 2.66 bits per heavy atom. The molecule has 0 unspecified atom stereocenters. The van der Waals surface area contributed by atoms with Gasteiger partial charge in [0, 0.05) is 12.2 Å². The van der Waals surface area contributed by atoms with E-state index in [2.05, 4.69) is 16.4 Å². The first-order valence-electron chi connectivity index (χ1n) is 10.1. The van der Waals surface area contributed by atoms with Crippen molar-refractivity contribution in [3.8, 4) is 11.8 Å². The first-order valence-corrected chi connectivity index (χ1v) is 10.1. The average molecular weight is 423 g/mol. The van der Waals surface area contributed by atoms with Crippen molar-refractivity contribution in [3.63, 3.8) is 0 Å². The van der Waals surface area contributed by atoms with Crippen LogP contribution in [0.5, 0.6) is 5.75 Å². The summed E-state index contributed by atoms with van der Waals surface area (Å²) in [5.74, 6) is 0.419. The van der Waals surface area contributed by atoms with Gasteiger partial charge in [-0.2, -0.15) is 5.26 Å². The number of aromatic nitrogens is 1. The van der Waals surface area contributed by atoms with Gasteiger partial charge in [-0.25, -0.2) is 9.78 Å². The van der Waals surface area contributed by atoms with Gasteiger partial charge in [-0.3, -0.25) is 0 Å². The van der Waals surface area contributed by atoms with Crippen LogP contribution in [0.2, 0.25) is 0 Å². The van der Waals surface area contributed by atoms with Crippen molar-refractivity contribution < 1.29 is 14.6 Å². The molecule has 0 aliphatic rings. The van der Waals surface area contributed by atoms with E-state index in [9.17, 15) is 4.79 Å². The summed E-state index contributed by atoms with van der Waals surface area (Å²) in [5.41, 5.74) is 2.70. The van der Waals surface area contributed by atoms with Crippen molar-refractivity contribution in [1.29, 1.82) is 5.26 Å². The summed E-state index contributed by atoms with van der Waals surface area (Å²) < 4.78 is 6.12. The van der Waals surface area contributed by atoms with Crippen molar-refractivity contribution in [2.45, 2.75) is 19.6 Å². The molecule has 0 radical (unpaired) electrons. The number of rotatable bonds is 7. The highest BCUT2D eigenvalue weighted by Gasteiger charge is 2.13. The zero-order valence-corrected chi connectivity index (χ0v) is 17.4. The van der Waals surface area contributed by atoms with Crippen LogP contribution in [0.25, 0.3) is 10.8 Å². The number of aromatic carboxylic acids is 1. The third-order valence-corrected chi connectivity index (χ3v) is 5.21. The van der Waals surface area contributed by atoms with Gasteiger partial charge in [-0.15, -0.1) is 0 Å². The minimum atomic E-state index is -0.949. The van der Waals surface area contributed by atoms with Gasteiger partial charge in [0.25, 0.3) is 0 Å². The third-order valence-electron chi connectivity index (χ3n) is 5.21. The van der Waals surface area contributed by atoms with Crippen LogP contribution in [0, 0.1) is 11.3 Å². The monoisotopic (exact) mass is 423 g/mol. The number of fused-ring (bicyclic) bond motifs is 1. The zero-order chi connectivity index (χ0) is 22.5. The Morgan fingerprint density at radius 1 is 1.12 bits per heavy atom. The number of carboxylic acids is 1. The lowest BCUT2D eigenvalue weighted by molar-refractivity contribution is 0.0697. The maximum absolute atomic E-state index is 11.1. The maximum Gasteiger partial charge on any atom is 0.335 e. The largest absolute Gasteiger partial charge is 0.488 e. The number of anilines is 1. The van der Waals surface area contributed by atoms with Crippen LogP contribution in [0.4, 0.5) is 5.82 Å². The average Bonchev–Trinajstić information content (AvgIpc) is 2.83. The summed E-state index contributed by atoms with van der Waals surface area (Å²) in [4.78, 5) is 15.6. The summed E-state index contributed by atoms with van der Waals surface area (Å²) in [6.45, 7) is 2.32. The first-order chi connectivity index (χ1) is 15.5. The smallest absolute Gasteiger partial charge is 0.335 e. The summed E-state index contributed by atoms with van der Waals surface area (Å²) in [6.07, 6.45) is 1.74.